The summed E-state index contributed by atoms with van der Waals surface area (Å²) in [5.74, 6) is 0.836. The van der Waals surface area contributed by atoms with E-state index >= 15 is 0 Å². The van der Waals surface area contributed by atoms with Crippen molar-refractivity contribution >= 4 is 17.5 Å². The number of carbonyl (C=O) groups is 1. The molecule has 3 aromatic rings. The number of hydrogen-bond acceptors (Lipinski definition) is 5. The number of halogens is 1. The van der Waals surface area contributed by atoms with Crippen LogP contribution < -0.4 is 0 Å². The normalized spacial score (nSPS) is 13.8. The maximum atomic E-state index is 12.9. The molecule has 0 bridgehead atoms. The predicted molar refractivity (Wildman–Crippen MR) is 91.1 cm³/mol. The molecular weight excluding hydrogens is 342 g/mol. The van der Waals surface area contributed by atoms with Gasteiger partial charge in [0.1, 0.15) is 0 Å². The third-order valence-electron chi connectivity index (χ3n) is 4.36. The smallest absolute Gasteiger partial charge is 0.278 e. The van der Waals surface area contributed by atoms with Crippen LogP contribution in [0.2, 0.25) is 5.02 Å². The van der Waals surface area contributed by atoms with E-state index in [0.717, 1.165) is 11.3 Å². The zero-order valence-electron chi connectivity index (χ0n) is 13.9. The summed E-state index contributed by atoms with van der Waals surface area (Å²) >= 11 is 6.18. The highest BCUT2D eigenvalue weighted by Crippen LogP contribution is 2.30. The van der Waals surface area contributed by atoms with E-state index in [-0.39, 0.29) is 5.91 Å². The SMILES string of the molecule is Cc1noc(-c2nn(C)c3c2CN(C(=O)c2ccccc2Cl)CC3)n1. The second-order valence-corrected chi connectivity index (χ2v) is 6.41. The Balaban J connectivity index is 1.69. The van der Waals surface area contributed by atoms with Gasteiger partial charge in [0.2, 0.25) is 0 Å². The molecule has 0 atom stereocenters. The zero-order valence-corrected chi connectivity index (χ0v) is 14.6. The summed E-state index contributed by atoms with van der Waals surface area (Å²) in [6.45, 7) is 2.80. The van der Waals surface area contributed by atoms with Crippen molar-refractivity contribution in [3.63, 3.8) is 0 Å². The number of aryl methyl sites for hydroxylation is 2. The van der Waals surface area contributed by atoms with Gasteiger partial charge in [0.15, 0.2) is 11.5 Å². The van der Waals surface area contributed by atoms with Crippen LogP contribution in [0.1, 0.15) is 27.4 Å². The third-order valence-corrected chi connectivity index (χ3v) is 4.69. The van der Waals surface area contributed by atoms with Gasteiger partial charge < -0.3 is 9.42 Å². The fraction of sp³-hybridized carbons (Fsp3) is 0.294. The maximum absolute atomic E-state index is 12.9. The van der Waals surface area contributed by atoms with Crippen LogP contribution >= 0.6 is 11.6 Å². The van der Waals surface area contributed by atoms with Crippen LogP contribution in [-0.4, -0.2) is 37.3 Å². The van der Waals surface area contributed by atoms with E-state index in [2.05, 4.69) is 15.2 Å². The summed E-state index contributed by atoms with van der Waals surface area (Å²) in [6.07, 6.45) is 0.710. The average molecular weight is 358 g/mol. The van der Waals surface area contributed by atoms with Gasteiger partial charge >= 0.3 is 0 Å². The maximum Gasteiger partial charge on any atom is 0.278 e. The standard InChI is InChI=1S/C17H16ClN5O2/c1-10-19-16(25-21-10)15-12-9-23(8-7-14(12)22(2)20-15)17(24)11-5-3-4-6-13(11)18/h3-6H,7-9H2,1-2H3. The van der Waals surface area contributed by atoms with Crippen LogP contribution in [0.25, 0.3) is 11.6 Å². The lowest BCUT2D eigenvalue weighted by Crippen LogP contribution is -2.36. The topological polar surface area (TPSA) is 77.0 Å². The van der Waals surface area contributed by atoms with Gasteiger partial charge in [-0.3, -0.25) is 9.48 Å². The summed E-state index contributed by atoms with van der Waals surface area (Å²) in [5, 5.41) is 8.80. The monoisotopic (exact) mass is 357 g/mol. The van der Waals surface area contributed by atoms with Gasteiger partial charge in [-0.2, -0.15) is 10.1 Å². The minimum Gasteiger partial charge on any atom is -0.334 e. The van der Waals surface area contributed by atoms with E-state index in [1.807, 2.05) is 23.9 Å². The molecule has 2 aromatic heterocycles. The summed E-state index contributed by atoms with van der Waals surface area (Å²) in [7, 11) is 1.89. The van der Waals surface area contributed by atoms with E-state index in [4.69, 9.17) is 16.1 Å². The lowest BCUT2D eigenvalue weighted by molar-refractivity contribution is 0.0734. The molecule has 0 saturated carbocycles. The molecule has 0 fully saturated rings. The highest BCUT2D eigenvalue weighted by atomic mass is 35.5. The molecule has 8 heteroatoms. The molecule has 0 spiro atoms. The molecule has 1 aliphatic rings. The summed E-state index contributed by atoms with van der Waals surface area (Å²) in [6, 6.07) is 7.09. The molecule has 4 rings (SSSR count). The molecule has 0 radical (unpaired) electrons. The fourth-order valence-corrected chi connectivity index (χ4v) is 3.35. The molecule has 0 N–H and O–H groups in total. The van der Waals surface area contributed by atoms with Crippen molar-refractivity contribution in [2.24, 2.45) is 7.05 Å². The van der Waals surface area contributed by atoms with Gasteiger partial charge in [0, 0.05) is 31.3 Å². The number of hydrogen-bond donors (Lipinski definition) is 0. The van der Waals surface area contributed by atoms with Crippen LogP contribution in [-0.2, 0) is 20.0 Å². The van der Waals surface area contributed by atoms with Gasteiger partial charge in [0.05, 0.1) is 17.1 Å². The van der Waals surface area contributed by atoms with Crippen LogP contribution in [0.4, 0.5) is 0 Å². The van der Waals surface area contributed by atoms with Gasteiger partial charge in [-0.15, -0.1) is 0 Å². The Bertz CT molecular complexity index is 962. The van der Waals surface area contributed by atoms with Crippen LogP contribution in [0.5, 0.6) is 0 Å². The van der Waals surface area contributed by atoms with Crippen molar-refractivity contribution in [1.82, 2.24) is 24.8 Å². The van der Waals surface area contributed by atoms with E-state index in [1.54, 1.807) is 24.0 Å². The first-order chi connectivity index (χ1) is 12.0. The van der Waals surface area contributed by atoms with Crippen molar-refractivity contribution in [1.29, 1.82) is 0 Å². The summed E-state index contributed by atoms with van der Waals surface area (Å²) in [5.41, 5.74) is 3.16. The molecule has 0 aliphatic carbocycles. The van der Waals surface area contributed by atoms with Gasteiger partial charge in [0.25, 0.3) is 11.8 Å². The first-order valence-electron chi connectivity index (χ1n) is 7.94. The van der Waals surface area contributed by atoms with E-state index < -0.39 is 0 Å². The second kappa shape index (κ2) is 6.00. The molecular formula is C17H16ClN5O2. The Morgan fingerprint density at radius 3 is 2.84 bits per heavy atom. The molecule has 1 aromatic carbocycles. The van der Waals surface area contributed by atoms with Gasteiger partial charge in [-0.05, 0) is 19.1 Å². The first kappa shape index (κ1) is 15.8. The Hall–Kier alpha value is -2.67. The molecule has 0 unspecified atom stereocenters. The van der Waals surface area contributed by atoms with E-state index in [9.17, 15) is 4.79 Å². The van der Waals surface area contributed by atoms with Crippen LogP contribution in [0.3, 0.4) is 0 Å². The van der Waals surface area contributed by atoms with E-state index in [0.29, 0.717) is 47.5 Å². The number of rotatable bonds is 2. The Morgan fingerprint density at radius 1 is 1.32 bits per heavy atom. The molecule has 1 aliphatic heterocycles. The number of fused-ring (bicyclic) bond motifs is 1. The van der Waals surface area contributed by atoms with E-state index in [1.165, 1.54) is 0 Å². The van der Waals surface area contributed by atoms with Crippen molar-refractivity contribution < 1.29 is 9.32 Å². The molecule has 3 heterocycles. The summed E-state index contributed by atoms with van der Waals surface area (Å²) in [4.78, 5) is 18.9. The molecule has 128 valence electrons. The second-order valence-electron chi connectivity index (χ2n) is 6.00. The number of aromatic nitrogens is 4. The minimum atomic E-state index is -0.0900. The van der Waals surface area contributed by atoms with Crippen LogP contribution in [0, 0.1) is 6.92 Å². The quantitative estimate of drug-likeness (QED) is 0.704. The molecule has 0 saturated heterocycles. The minimum absolute atomic E-state index is 0.0900. The highest BCUT2D eigenvalue weighted by molar-refractivity contribution is 6.33. The third kappa shape index (κ3) is 2.70. The average Bonchev–Trinajstić information content (AvgIpc) is 3.18. The Morgan fingerprint density at radius 2 is 2.12 bits per heavy atom. The number of carbonyl (C=O) groups excluding carboxylic acids is 1. The zero-order chi connectivity index (χ0) is 17.6. The Kier molecular flexibility index (Phi) is 3.80. The van der Waals surface area contributed by atoms with Gasteiger partial charge in [-0.25, -0.2) is 0 Å². The fourth-order valence-electron chi connectivity index (χ4n) is 3.14. The predicted octanol–water partition coefficient (Wildman–Crippen LogP) is 2.63. The molecule has 25 heavy (non-hydrogen) atoms. The van der Waals surface area contributed by atoms with Crippen molar-refractivity contribution in [2.75, 3.05) is 6.54 Å². The lowest BCUT2D eigenvalue weighted by atomic mass is 10.0. The highest BCUT2D eigenvalue weighted by Gasteiger charge is 2.30. The summed E-state index contributed by atoms with van der Waals surface area (Å²) < 4.78 is 7.09. The van der Waals surface area contributed by atoms with Crippen molar-refractivity contribution in [3.05, 3.63) is 51.9 Å². The molecule has 1 amide bonds. The number of nitrogens with zero attached hydrogens (tertiary/aromatic N) is 5. The van der Waals surface area contributed by atoms with Crippen LogP contribution in [0.15, 0.2) is 28.8 Å². The largest absolute Gasteiger partial charge is 0.334 e. The Labute approximate surface area is 149 Å². The van der Waals surface area contributed by atoms with Crippen molar-refractivity contribution in [3.8, 4) is 11.6 Å². The number of amides is 1. The van der Waals surface area contributed by atoms with Crippen molar-refractivity contribution in [2.45, 2.75) is 19.9 Å². The van der Waals surface area contributed by atoms with Gasteiger partial charge in [-0.1, -0.05) is 28.9 Å². The lowest BCUT2D eigenvalue weighted by Gasteiger charge is -2.27. The molecule has 7 nitrogen and oxygen atoms in total. The first-order valence-corrected chi connectivity index (χ1v) is 8.31. The number of benzene rings is 1.